The number of carbonyl (C=O) groups is 1. The average Bonchev–Trinajstić information content (AvgIpc) is 2.81. The molecule has 3 rings (SSSR count). The molecule has 0 aliphatic carbocycles. The number of hydrogen-bond acceptors (Lipinski definition) is 5. The van der Waals surface area contributed by atoms with Crippen molar-refractivity contribution >= 4 is 52.1 Å². The van der Waals surface area contributed by atoms with Crippen LogP contribution in [0.1, 0.15) is 43.0 Å². The van der Waals surface area contributed by atoms with E-state index in [2.05, 4.69) is 17.2 Å². The molecule has 5 nitrogen and oxygen atoms in total. The highest BCUT2D eigenvalue weighted by molar-refractivity contribution is 6.42. The molecule has 33 heavy (non-hydrogen) atoms. The summed E-state index contributed by atoms with van der Waals surface area (Å²) in [6.07, 6.45) is 4.56. The topological polar surface area (TPSA) is 60.2 Å². The van der Waals surface area contributed by atoms with Crippen LogP contribution in [0, 0.1) is 0 Å². The van der Waals surface area contributed by atoms with Gasteiger partial charge < -0.3 is 9.47 Å². The van der Waals surface area contributed by atoms with E-state index in [1.807, 2.05) is 0 Å². The molecule has 0 bridgehead atoms. The molecule has 0 amide bonds. The molecular formula is C25H23Cl3N2O3. The van der Waals surface area contributed by atoms with Crippen molar-refractivity contribution in [2.75, 3.05) is 6.61 Å². The molecule has 0 heterocycles. The van der Waals surface area contributed by atoms with Crippen LogP contribution in [0.5, 0.6) is 11.5 Å². The molecule has 0 N–H and O–H groups in total. The van der Waals surface area contributed by atoms with Gasteiger partial charge in [-0.15, -0.1) is 0 Å². The van der Waals surface area contributed by atoms with E-state index in [0.717, 1.165) is 18.6 Å². The first-order chi connectivity index (χ1) is 16.0. The molecule has 0 saturated carbocycles. The van der Waals surface area contributed by atoms with Crippen LogP contribution in [0.25, 0.3) is 0 Å². The number of unbranched alkanes of at least 4 members (excludes halogenated alkanes) is 3. The van der Waals surface area contributed by atoms with Gasteiger partial charge in [-0.05, 0) is 67.1 Å². The normalized spacial score (nSPS) is 11.0. The maximum Gasteiger partial charge on any atom is 0.343 e. The fourth-order valence-corrected chi connectivity index (χ4v) is 3.37. The maximum absolute atomic E-state index is 12.5. The van der Waals surface area contributed by atoms with Gasteiger partial charge in [0.1, 0.15) is 11.5 Å². The second-order valence-electron chi connectivity index (χ2n) is 7.24. The lowest BCUT2D eigenvalue weighted by Crippen LogP contribution is -2.08. The van der Waals surface area contributed by atoms with Crippen molar-refractivity contribution in [2.45, 2.75) is 32.6 Å². The molecule has 8 heteroatoms. The zero-order chi connectivity index (χ0) is 23.6. The fourth-order valence-electron chi connectivity index (χ4n) is 2.86. The molecule has 0 saturated heterocycles. The minimum absolute atomic E-state index is 0.228. The third-order valence-corrected chi connectivity index (χ3v) is 5.69. The fraction of sp³-hybridized carbons (Fsp3) is 0.240. The molecule has 0 fully saturated rings. The highest BCUT2D eigenvalue weighted by atomic mass is 35.5. The smallest absolute Gasteiger partial charge is 0.343 e. The Morgan fingerprint density at radius 2 is 1.45 bits per heavy atom. The summed E-state index contributed by atoms with van der Waals surface area (Å²) in [4.78, 5) is 12.5. The Labute approximate surface area is 208 Å². The van der Waals surface area contributed by atoms with Crippen molar-refractivity contribution in [2.24, 2.45) is 10.2 Å². The van der Waals surface area contributed by atoms with Crippen LogP contribution in [0.15, 0.2) is 70.9 Å². The number of nitrogens with zero attached hydrogens (tertiary/aromatic N) is 2. The van der Waals surface area contributed by atoms with E-state index in [4.69, 9.17) is 44.3 Å². The van der Waals surface area contributed by atoms with Gasteiger partial charge in [0.25, 0.3) is 0 Å². The Balaban J connectivity index is 1.57. The summed E-state index contributed by atoms with van der Waals surface area (Å²) in [6.45, 7) is 2.83. The van der Waals surface area contributed by atoms with Crippen molar-refractivity contribution in [1.82, 2.24) is 0 Å². The summed E-state index contributed by atoms with van der Waals surface area (Å²) in [5, 5.41) is 9.29. The molecule has 3 aromatic rings. The van der Waals surface area contributed by atoms with Crippen molar-refractivity contribution in [3.8, 4) is 11.5 Å². The average molecular weight is 506 g/mol. The van der Waals surface area contributed by atoms with Gasteiger partial charge in [-0.3, -0.25) is 0 Å². The van der Waals surface area contributed by atoms with Crippen LogP contribution in [0.2, 0.25) is 15.1 Å². The van der Waals surface area contributed by atoms with Gasteiger partial charge in [0.2, 0.25) is 0 Å². The first-order valence-electron chi connectivity index (χ1n) is 10.6. The third-order valence-electron chi connectivity index (χ3n) is 4.66. The van der Waals surface area contributed by atoms with Gasteiger partial charge in [-0.2, -0.15) is 10.2 Å². The lowest BCUT2D eigenvalue weighted by molar-refractivity contribution is 0.0735. The molecule has 0 atom stereocenters. The first-order valence-corrected chi connectivity index (χ1v) is 11.7. The SMILES string of the molecule is CCCCCCOc1ccc(C(=O)Oc2ccc(N=Nc3ccc(Cl)c(Cl)c3)cc2Cl)cc1. The van der Waals surface area contributed by atoms with Gasteiger partial charge in [-0.25, -0.2) is 4.79 Å². The number of benzene rings is 3. The lowest BCUT2D eigenvalue weighted by atomic mass is 10.2. The van der Waals surface area contributed by atoms with Crippen LogP contribution in [0.4, 0.5) is 11.4 Å². The second-order valence-corrected chi connectivity index (χ2v) is 8.46. The highest BCUT2D eigenvalue weighted by Crippen LogP contribution is 2.32. The van der Waals surface area contributed by atoms with Crippen molar-refractivity contribution in [3.63, 3.8) is 0 Å². The summed E-state index contributed by atoms with van der Waals surface area (Å²) < 4.78 is 11.1. The van der Waals surface area contributed by atoms with Crippen molar-refractivity contribution in [3.05, 3.63) is 81.3 Å². The van der Waals surface area contributed by atoms with E-state index in [0.29, 0.717) is 33.6 Å². The Kier molecular flexibility index (Phi) is 9.55. The molecular weight excluding hydrogens is 483 g/mol. The van der Waals surface area contributed by atoms with Crippen LogP contribution < -0.4 is 9.47 Å². The minimum Gasteiger partial charge on any atom is -0.494 e. The predicted octanol–water partition coefficient (Wildman–Crippen LogP) is 9.24. The molecule has 0 aliphatic rings. The zero-order valence-corrected chi connectivity index (χ0v) is 20.3. The van der Waals surface area contributed by atoms with Gasteiger partial charge in [0, 0.05) is 0 Å². The summed E-state index contributed by atoms with van der Waals surface area (Å²) in [7, 11) is 0. The van der Waals surface area contributed by atoms with E-state index in [1.54, 1.807) is 60.7 Å². The van der Waals surface area contributed by atoms with Gasteiger partial charge >= 0.3 is 5.97 Å². The zero-order valence-electron chi connectivity index (χ0n) is 18.1. The predicted molar refractivity (Wildman–Crippen MR) is 133 cm³/mol. The van der Waals surface area contributed by atoms with Crippen LogP contribution in [-0.2, 0) is 0 Å². The maximum atomic E-state index is 12.5. The van der Waals surface area contributed by atoms with Crippen LogP contribution >= 0.6 is 34.8 Å². The number of carbonyl (C=O) groups excluding carboxylic acids is 1. The molecule has 0 unspecified atom stereocenters. The largest absolute Gasteiger partial charge is 0.494 e. The first kappa shape index (κ1) is 25.0. The monoisotopic (exact) mass is 504 g/mol. The van der Waals surface area contributed by atoms with Gasteiger partial charge in [0.15, 0.2) is 0 Å². The molecule has 0 radical (unpaired) electrons. The summed E-state index contributed by atoms with van der Waals surface area (Å²) in [6, 6.07) is 16.5. The van der Waals surface area contributed by atoms with E-state index < -0.39 is 5.97 Å². The molecule has 3 aromatic carbocycles. The number of rotatable bonds is 10. The number of hydrogen-bond donors (Lipinski definition) is 0. The summed E-state index contributed by atoms with van der Waals surface area (Å²) in [5.74, 6) is 0.431. The number of halogens is 3. The summed E-state index contributed by atoms with van der Waals surface area (Å²) >= 11 is 18.1. The third kappa shape index (κ3) is 7.74. The van der Waals surface area contributed by atoms with E-state index in [9.17, 15) is 4.79 Å². The Hall–Kier alpha value is -2.60. The summed E-state index contributed by atoms with van der Waals surface area (Å²) in [5.41, 5.74) is 1.43. The Bertz CT molecular complexity index is 1120. The standard InChI is InChI=1S/C25H23Cl3N2O3/c1-2-3-4-5-14-32-20-10-6-17(7-11-20)25(31)33-24-13-9-19(16-23(24)28)30-29-18-8-12-21(26)22(27)15-18/h6-13,15-16H,2-5,14H2,1H3. The van der Waals surface area contributed by atoms with Gasteiger partial charge in [0.05, 0.1) is 38.6 Å². The van der Waals surface area contributed by atoms with Crippen molar-refractivity contribution < 1.29 is 14.3 Å². The van der Waals surface area contributed by atoms with E-state index in [1.165, 1.54) is 12.8 Å². The molecule has 0 spiro atoms. The van der Waals surface area contributed by atoms with Crippen LogP contribution in [0.3, 0.4) is 0 Å². The van der Waals surface area contributed by atoms with Crippen molar-refractivity contribution in [1.29, 1.82) is 0 Å². The number of ether oxygens (including phenoxy) is 2. The minimum atomic E-state index is -0.517. The Morgan fingerprint density at radius 1 is 0.788 bits per heavy atom. The number of esters is 1. The van der Waals surface area contributed by atoms with E-state index in [-0.39, 0.29) is 10.8 Å². The lowest BCUT2D eigenvalue weighted by Gasteiger charge is -2.08. The Morgan fingerprint density at radius 3 is 2.09 bits per heavy atom. The quantitative estimate of drug-likeness (QED) is 0.119. The second kappa shape index (κ2) is 12.6. The van der Waals surface area contributed by atoms with Crippen LogP contribution in [-0.4, -0.2) is 12.6 Å². The highest BCUT2D eigenvalue weighted by Gasteiger charge is 2.12. The molecule has 0 aliphatic heterocycles. The molecule has 0 aromatic heterocycles. The molecule has 172 valence electrons. The van der Waals surface area contributed by atoms with E-state index >= 15 is 0 Å². The van der Waals surface area contributed by atoms with Gasteiger partial charge in [-0.1, -0.05) is 61.0 Å². The number of azo groups is 1.